The number of thiophene rings is 1. The molecule has 0 aliphatic rings. The molecule has 0 fully saturated rings. The summed E-state index contributed by atoms with van der Waals surface area (Å²) in [6.07, 6.45) is 1.93. The third-order valence-corrected chi connectivity index (χ3v) is 5.02. The van der Waals surface area contributed by atoms with Gasteiger partial charge in [-0.2, -0.15) is 0 Å². The van der Waals surface area contributed by atoms with Crippen LogP contribution in [0.3, 0.4) is 0 Å². The van der Waals surface area contributed by atoms with Crippen LogP contribution in [-0.4, -0.2) is 6.54 Å². The second kappa shape index (κ2) is 7.55. The van der Waals surface area contributed by atoms with Crippen molar-refractivity contribution in [1.82, 2.24) is 5.32 Å². The van der Waals surface area contributed by atoms with Crippen LogP contribution in [-0.2, 0) is 6.42 Å². The molecule has 0 saturated carbocycles. The van der Waals surface area contributed by atoms with Crippen molar-refractivity contribution in [2.45, 2.75) is 25.8 Å². The average Bonchev–Trinajstić information content (AvgIpc) is 2.83. The topological polar surface area (TPSA) is 12.0 Å². The molecular formula is C15H16BrClFNS. The molecule has 0 amide bonds. The first kappa shape index (κ1) is 16.0. The molecule has 0 aliphatic heterocycles. The molecule has 2 aromatic rings. The van der Waals surface area contributed by atoms with E-state index < -0.39 is 0 Å². The Morgan fingerprint density at radius 1 is 1.40 bits per heavy atom. The molecule has 1 aromatic carbocycles. The third kappa shape index (κ3) is 4.29. The first-order chi connectivity index (χ1) is 9.60. The number of nitrogens with one attached hydrogen (secondary N) is 1. The van der Waals surface area contributed by atoms with Crippen molar-refractivity contribution in [2.24, 2.45) is 0 Å². The standard InChI is InChI=1S/C15H16BrClFNS/c1-2-5-19-15(8-12-7-11(16)9-20-12)10-3-4-14(18)13(17)6-10/h3-4,6-7,9,15,19H,2,5,8H2,1H3. The fourth-order valence-corrected chi connectivity index (χ4v) is 3.70. The van der Waals surface area contributed by atoms with Gasteiger partial charge in [-0.05, 0) is 52.7 Å². The molecule has 0 saturated heterocycles. The molecule has 1 nitrogen and oxygen atoms in total. The molecule has 1 N–H and O–H groups in total. The molecule has 1 aromatic heterocycles. The highest BCUT2D eigenvalue weighted by Crippen LogP contribution is 2.27. The Kier molecular flexibility index (Phi) is 6.02. The molecule has 0 bridgehead atoms. The van der Waals surface area contributed by atoms with E-state index in [4.69, 9.17) is 11.6 Å². The molecule has 0 spiro atoms. The molecular weight excluding hydrogens is 361 g/mol. The van der Waals surface area contributed by atoms with Gasteiger partial charge in [0.15, 0.2) is 0 Å². The van der Waals surface area contributed by atoms with E-state index in [1.165, 1.54) is 10.9 Å². The van der Waals surface area contributed by atoms with Gasteiger partial charge in [0, 0.05) is 27.2 Å². The maximum absolute atomic E-state index is 13.3. The van der Waals surface area contributed by atoms with Crippen LogP contribution in [0, 0.1) is 5.82 Å². The van der Waals surface area contributed by atoms with Crippen LogP contribution in [0.2, 0.25) is 5.02 Å². The van der Waals surface area contributed by atoms with E-state index in [-0.39, 0.29) is 16.9 Å². The number of halogens is 3. The molecule has 2 rings (SSSR count). The number of rotatable bonds is 6. The lowest BCUT2D eigenvalue weighted by atomic mass is 10.0. The monoisotopic (exact) mass is 375 g/mol. The SMILES string of the molecule is CCCNC(Cc1cc(Br)cs1)c1ccc(F)c(Cl)c1. The molecule has 1 atom stereocenters. The third-order valence-electron chi connectivity index (χ3n) is 3.01. The number of hydrogen-bond acceptors (Lipinski definition) is 2. The Morgan fingerprint density at radius 2 is 2.20 bits per heavy atom. The summed E-state index contributed by atoms with van der Waals surface area (Å²) in [4.78, 5) is 1.28. The van der Waals surface area contributed by atoms with Gasteiger partial charge in [0.25, 0.3) is 0 Å². The molecule has 1 unspecified atom stereocenters. The van der Waals surface area contributed by atoms with Gasteiger partial charge < -0.3 is 5.32 Å². The van der Waals surface area contributed by atoms with Crippen molar-refractivity contribution in [3.63, 3.8) is 0 Å². The van der Waals surface area contributed by atoms with Crippen LogP contribution in [0.25, 0.3) is 0 Å². The minimum absolute atomic E-state index is 0.151. The van der Waals surface area contributed by atoms with Crippen LogP contribution in [0.5, 0.6) is 0 Å². The Morgan fingerprint density at radius 3 is 2.80 bits per heavy atom. The van der Waals surface area contributed by atoms with Crippen molar-refractivity contribution in [1.29, 1.82) is 0 Å². The smallest absolute Gasteiger partial charge is 0.141 e. The molecule has 0 aliphatic carbocycles. The second-order valence-corrected chi connectivity index (χ2v) is 6.93. The maximum atomic E-state index is 13.3. The van der Waals surface area contributed by atoms with Gasteiger partial charge in [0.05, 0.1) is 5.02 Å². The van der Waals surface area contributed by atoms with Gasteiger partial charge in [0.1, 0.15) is 5.82 Å². The summed E-state index contributed by atoms with van der Waals surface area (Å²) < 4.78 is 14.4. The van der Waals surface area contributed by atoms with E-state index in [0.717, 1.165) is 29.4 Å². The fourth-order valence-electron chi connectivity index (χ4n) is 2.02. The zero-order chi connectivity index (χ0) is 14.5. The van der Waals surface area contributed by atoms with Gasteiger partial charge in [0.2, 0.25) is 0 Å². The summed E-state index contributed by atoms with van der Waals surface area (Å²) in [6.45, 7) is 3.05. The summed E-state index contributed by atoms with van der Waals surface area (Å²) in [6, 6.07) is 7.22. The van der Waals surface area contributed by atoms with E-state index in [2.05, 4.69) is 39.6 Å². The van der Waals surface area contributed by atoms with Gasteiger partial charge in [-0.15, -0.1) is 11.3 Å². The Balaban J connectivity index is 2.19. The average molecular weight is 377 g/mol. The molecule has 108 valence electrons. The van der Waals surface area contributed by atoms with E-state index in [1.54, 1.807) is 23.5 Å². The van der Waals surface area contributed by atoms with Crippen molar-refractivity contribution < 1.29 is 4.39 Å². The van der Waals surface area contributed by atoms with Crippen molar-refractivity contribution in [3.8, 4) is 0 Å². The van der Waals surface area contributed by atoms with E-state index in [9.17, 15) is 4.39 Å². The predicted octanol–water partition coefficient (Wildman–Crippen LogP) is 5.59. The minimum atomic E-state index is -0.372. The quantitative estimate of drug-likeness (QED) is 0.693. The van der Waals surface area contributed by atoms with Gasteiger partial charge >= 0.3 is 0 Å². The Bertz CT molecular complexity index is 573. The zero-order valence-corrected chi connectivity index (χ0v) is 14.3. The zero-order valence-electron chi connectivity index (χ0n) is 11.1. The van der Waals surface area contributed by atoms with Gasteiger partial charge in [-0.1, -0.05) is 24.6 Å². The van der Waals surface area contributed by atoms with Crippen LogP contribution in [0.4, 0.5) is 4.39 Å². The first-order valence-electron chi connectivity index (χ1n) is 6.51. The lowest BCUT2D eigenvalue weighted by Gasteiger charge is -2.18. The van der Waals surface area contributed by atoms with Crippen LogP contribution in [0.15, 0.2) is 34.1 Å². The highest BCUT2D eigenvalue weighted by molar-refractivity contribution is 9.10. The largest absolute Gasteiger partial charge is 0.310 e. The fraction of sp³-hybridized carbons (Fsp3) is 0.333. The van der Waals surface area contributed by atoms with Gasteiger partial charge in [-0.3, -0.25) is 0 Å². The summed E-state index contributed by atoms with van der Waals surface area (Å²) >= 11 is 11.1. The lowest BCUT2D eigenvalue weighted by molar-refractivity contribution is 0.530. The van der Waals surface area contributed by atoms with Crippen molar-refractivity contribution >= 4 is 38.9 Å². The minimum Gasteiger partial charge on any atom is -0.310 e. The highest BCUT2D eigenvalue weighted by Gasteiger charge is 2.14. The van der Waals surface area contributed by atoms with Crippen LogP contribution >= 0.6 is 38.9 Å². The van der Waals surface area contributed by atoms with E-state index in [1.807, 2.05) is 0 Å². The molecule has 20 heavy (non-hydrogen) atoms. The van der Waals surface area contributed by atoms with Crippen LogP contribution < -0.4 is 5.32 Å². The summed E-state index contributed by atoms with van der Waals surface area (Å²) in [5.74, 6) is -0.372. The Labute approximate surface area is 136 Å². The first-order valence-corrected chi connectivity index (χ1v) is 8.56. The number of benzene rings is 1. The predicted molar refractivity (Wildman–Crippen MR) is 88.2 cm³/mol. The summed E-state index contributed by atoms with van der Waals surface area (Å²) in [7, 11) is 0. The molecule has 0 radical (unpaired) electrons. The lowest BCUT2D eigenvalue weighted by Crippen LogP contribution is -2.23. The van der Waals surface area contributed by atoms with E-state index >= 15 is 0 Å². The van der Waals surface area contributed by atoms with Gasteiger partial charge in [-0.25, -0.2) is 4.39 Å². The summed E-state index contributed by atoms with van der Waals surface area (Å²) in [5.41, 5.74) is 1.02. The van der Waals surface area contributed by atoms with Crippen molar-refractivity contribution in [2.75, 3.05) is 6.54 Å². The van der Waals surface area contributed by atoms with Crippen molar-refractivity contribution in [3.05, 3.63) is 55.4 Å². The second-order valence-electron chi connectivity index (χ2n) is 4.62. The molecule has 5 heteroatoms. The molecule has 1 heterocycles. The Hall–Kier alpha value is -0.420. The number of hydrogen-bond donors (Lipinski definition) is 1. The maximum Gasteiger partial charge on any atom is 0.141 e. The van der Waals surface area contributed by atoms with Crippen LogP contribution in [0.1, 0.15) is 29.8 Å². The highest BCUT2D eigenvalue weighted by atomic mass is 79.9. The van der Waals surface area contributed by atoms with E-state index in [0.29, 0.717) is 0 Å². The summed E-state index contributed by atoms with van der Waals surface area (Å²) in [5, 5.41) is 5.75. The normalized spacial score (nSPS) is 12.6.